The van der Waals surface area contributed by atoms with Crippen LogP contribution >= 0.6 is 0 Å². The highest BCUT2D eigenvalue weighted by molar-refractivity contribution is 5.69. The molecule has 0 saturated heterocycles. The molecule has 0 amide bonds. The average Bonchev–Trinajstić information content (AvgIpc) is 2.16. The van der Waals surface area contributed by atoms with Crippen molar-refractivity contribution in [3.05, 3.63) is 12.3 Å². The first-order valence-corrected chi connectivity index (χ1v) is 5.15. The summed E-state index contributed by atoms with van der Waals surface area (Å²) in [5, 5.41) is 0. The van der Waals surface area contributed by atoms with Gasteiger partial charge in [-0.1, -0.05) is 33.1 Å². The van der Waals surface area contributed by atoms with Crippen LogP contribution in [0.4, 0.5) is 0 Å². The molecule has 0 aromatic carbocycles. The molecule has 0 aliphatic rings. The number of carbonyl (C=O) groups excluding carboxylic acids is 1. The molecule has 76 valence electrons. The number of allylic oxidation sites excluding steroid dienone is 1. The van der Waals surface area contributed by atoms with E-state index in [2.05, 4.69) is 6.92 Å². The van der Waals surface area contributed by atoms with Crippen LogP contribution in [0.1, 0.15) is 52.4 Å². The van der Waals surface area contributed by atoms with Gasteiger partial charge in [0, 0.05) is 6.42 Å². The summed E-state index contributed by atoms with van der Waals surface area (Å²) in [7, 11) is 0. The second-order valence-electron chi connectivity index (χ2n) is 3.06. The molecule has 2 heteroatoms. The van der Waals surface area contributed by atoms with E-state index in [9.17, 15) is 4.79 Å². The van der Waals surface area contributed by atoms with Gasteiger partial charge in [0.15, 0.2) is 0 Å². The van der Waals surface area contributed by atoms with Gasteiger partial charge in [0.1, 0.15) is 0 Å². The summed E-state index contributed by atoms with van der Waals surface area (Å²) in [5.74, 6) is -0.162. The lowest BCUT2D eigenvalue weighted by atomic mass is 10.1. The Bertz CT molecular complexity index is 150. The molecule has 0 aromatic heterocycles. The smallest absolute Gasteiger partial charge is 0.310 e. The number of hydrogen-bond acceptors (Lipinski definition) is 2. The summed E-state index contributed by atoms with van der Waals surface area (Å²) in [4.78, 5) is 10.7. The zero-order valence-electron chi connectivity index (χ0n) is 8.71. The maximum absolute atomic E-state index is 10.7. The number of rotatable bonds is 7. The van der Waals surface area contributed by atoms with Gasteiger partial charge in [-0.25, -0.2) is 0 Å². The van der Waals surface area contributed by atoms with Gasteiger partial charge >= 0.3 is 5.97 Å². The molecule has 0 unspecified atom stereocenters. The molecule has 0 aromatic rings. The Kier molecular flexibility index (Phi) is 8.73. The first-order valence-electron chi connectivity index (χ1n) is 5.15. The van der Waals surface area contributed by atoms with E-state index in [1.54, 1.807) is 6.92 Å². The number of unbranched alkanes of at least 4 members (excludes halogenated alkanes) is 4. The van der Waals surface area contributed by atoms with E-state index in [1.807, 2.05) is 6.08 Å². The first kappa shape index (κ1) is 12.2. The van der Waals surface area contributed by atoms with Crippen LogP contribution in [0.25, 0.3) is 0 Å². The van der Waals surface area contributed by atoms with Crippen molar-refractivity contribution in [1.29, 1.82) is 0 Å². The Labute approximate surface area is 81.0 Å². The third-order valence-electron chi connectivity index (χ3n) is 1.81. The molecule has 0 N–H and O–H groups in total. The number of esters is 1. The fourth-order valence-corrected chi connectivity index (χ4v) is 0.964. The Balaban J connectivity index is 3.17. The first-order chi connectivity index (χ1) is 6.31. The summed E-state index contributed by atoms with van der Waals surface area (Å²) in [6.07, 6.45) is 9.89. The monoisotopic (exact) mass is 184 g/mol. The molecule has 0 spiro atoms. The maximum atomic E-state index is 10.7. The van der Waals surface area contributed by atoms with E-state index >= 15 is 0 Å². The molecule has 0 saturated carbocycles. The van der Waals surface area contributed by atoms with Crippen molar-refractivity contribution in [3.63, 3.8) is 0 Å². The minimum Gasteiger partial charge on any atom is -0.435 e. The normalized spacial score (nSPS) is 10.6. The van der Waals surface area contributed by atoms with Crippen molar-refractivity contribution in [3.8, 4) is 0 Å². The zero-order valence-corrected chi connectivity index (χ0v) is 8.71. The predicted octanol–water partition coefficient (Wildman–Crippen LogP) is 3.42. The van der Waals surface area contributed by atoms with Crippen LogP contribution in [0.5, 0.6) is 0 Å². The maximum Gasteiger partial charge on any atom is 0.310 e. The van der Waals surface area contributed by atoms with E-state index in [4.69, 9.17) is 4.74 Å². The van der Waals surface area contributed by atoms with E-state index in [-0.39, 0.29) is 5.97 Å². The molecule has 0 fully saturated rings. The summed E-state index contributed by atoms with van der Waals surface area (Å²) in [6, 6.07) is 0. The van der Waals surface area contributed by atoms with Crippen molar-refractivity contribution in [2.45, 2.75) is 52.4 Å². The highest BCUT2D eigenvalue weighted by atomic mass is 16.5. The Morgan fingerprint density at radius 2 is 2.00 bits per heavy atom. The predicted molar refractivity (Wildman–Crippen MR) is 54.3 cm³/mol. The van der Waals surface area contributed by atoms with Gasteiger partial charge in [-0.3, -0.25) is 4.79 Å². The van der Waals surface area contributed by atoms with Crippen LogP contribution < -0.4 is 0 Å². The van der Waals surface area contributed by atoms with Gasteiger partial charge in [0.05, 0.1) is 6.26 Å². The molecule has 0 aliphatic carbocycles. The third kappa shape index (κ3) is 9.12. The van der Waals surface area contributed by atoms with Crippen LogP contribution in [0.3, 0.4) is 0 Å². The summed E-state index contributed by atoms with van der Waals surface area (Å²) in [5.41, 5.74) is 0. The lowest BCUT2D eigenvalue weighted by Crippen LogP contribution is -1.94. The molecule has 2 nitrogen and oxygen atoms in total. The number of ether oxygens (including phenoxy) is 1. The second kappa shape index (κ2) is 9.30. The summed E-state index contributed by atoms with van der Waals surface area (Å²) < 4.78 is 4.78. The third-order valence-corrected chi connectivity index (χ3v) is 1.81. The fraction of sp³-hybridized carbons (Fsp3) is 0.727. The highest BCUT2D eigenvalue weighted by Gasteiger charge is 1.92. The molecule has 13 heavy (non-hydrogen) atoms. The van der Waals surface area contributed by atoms with Gasteiger partial charge in [0.25, 0.3) is 0 Å². The standard InChI is InChI=1S/C11H20O2/c1-3-5-6-7-8-9-10-13-11(12)4-2/h9-10H,3-8H2,1-2H3. The van der Waals surface area contributed by atoms with Crippen molar-refractivity contribution < 1.29 is 9.53 Å². The van der Waals surface area contributed by atoms with E-state index < -0.39 is 0 Å². The lowest BCUT2D eigenvalue weighted by Gasteiger charge is -1.95. The lowest BCUT2D eigenvalue weighted by molar-refractivity contribution is -0.137. The fourth-order valence-electron chi connectivity index (χ4n) is 0.964. The zero-order chi connectivity index (χ0) is 9.94. The molecule has 0 atom stereocenters. The minimum atomic E-state index is -0.162. The van der Waals surface area contributed by atoms with Crippen molar-refractivity contribution >= 4 is 5.97 Å². The van der Waals surface area contributed by atoms with Crippen molar-refractivity contribution in [1.82, 2.24) is 0 Å². The van der Waals surface area contributed by atoms with Gasteiger partial charge in [-0.15, -0.1) is 0 Å². The summed E-state index contributed by atoms with van der Waals surface area (Å²) >= 11 is 0. The van der Waals surface area contributed by atoms with Crippen LogP contribution in [0.15, 0.2) is 12.3 Å². The summed E-state index contributed by atoms with van der Waals surface area (Å²) in [6.45, 7) is 3.98. The SMILES string of the molecule is CCCCCCC=COC(=O)CC. The number of carbonyl (C=O) groups is 1. The Morgan fingerprint density at radius 1 is 1.23 bits per heavy atom. The van der Waals surface area contributed by atoms with Gasteiger partial charge in [-0.05, 0) is 18.9 Å². The molecule has 0 aliphatic heterocycles. The Morgan fingerprint density at radius 3 is 2.62 bits per heavy atom. The van der Waals surface area contributed by atoms with E-state index in [0.29, 0.717) is 6.42 Å². The largest absolute Gasteiger partial charge is 0.435 e. The molecular weight excluding hydrogens is 164 g/mol. The van der Waals surface area contributed by atoms with Crippen LogP contribution in [0.2, 0.25) is 0 Å². The van der Waals surface area contributed by atoms with Crippen LogP contribution in [0, 0.1) is 0 Å². The van der Waals surface area contributed by atoms with Crippen LogP contribution in [-0.4, -0.2) is 5.97 Å². The van der Waals surface area contributed by atoms with E-state index in [1.165, 1.54) is 31.9 Å². The van der Waals surface area contributed by atoms with Crippen molar-refractivity contribution in [2.75, 3.05) is 0 Å². The van der Waals surface area contributed by atoms with Crippen LogP contribution in [-0.2, 0) is 9.53 Å². The molecule has 0 rings (SSSR count). The molecule has 0 radical (unpaired) electrons. The Hall–Kier alpha value is -0.790. The number of hydrogen-bond donors (Lipinski definition) is 0. The van der Waals surface area contributed by atoms with Crippen molar-refractivity contribution in [2.24, 2.45) is 0 Å². The molecule has 0 bridgehead atoms. The van der Waals surface area contributed by atoms with Gasteiger partial charge < -0.3 is 4.74 Å². The van der Waals surface area contributed by atoms with Gasteiger partial charge in [0.2, 0.25) is 0 Å². The quantitative estimate of drug-likeness (QED) is 0.344. The highest BCUT2D eigenvalue weighted by Crippen LogP contribution is 2.02. The molecular formula is C11H20O2. The topological polar surface area (TPSA) is 26.3 Å². The van der Waals surface area contributed by atoms with E-state index in [0.717, 1.165) is 6.42 Å². The molecule has 0 heterocycles. The van der Waals surface area contributed by atoms with Gasteiger partial charge in [-0.2, -0.15) is 0 Å². The average molecular weight is 184 g/mol. The second-order valence-corrected chi connectivity index (χ2v) is 3.06. The minimum absolute atomic E-state index is 0.162.